The molecule has 19 heavy (non-hydrogen) atoms. The van der Waals surface area contributed by atoms with Gasteiger partial charge in [0.15, 0.2) is 0 Å². The summed E-state index contributed by atoms with van der Waals surface area (Å²) in [6.07, 6.45) is 6.24. The Balaban J connectivity index is 1.52. The van der Waals surface area contributed by atoms with Gasteiger partial charge in [0.25, 0.3) is 0 Å². The molecule has 0 radical (unpaired) electrons. The molecule has 1 aromatic rings. The molecule has 3 nitrogen and oxygen atoms in total. The summed E-state index contributed by atoms with van der Waals surface area (Å²) in [5, 5.41) is 3.40. The van der Waals surface area contributed by atoms with Gasteiger partial charge in [-0.2, -0.15) is 0 Å². The molecule has 0 bridgehead atoms. The van der Waals surface area contributed by atoms with Gasteiger partial charge in [-0.05, 0) is 74.4 Å². The number of anilines is 1. The summed E-state index contributed by atoms with van der Waals surface area (Å²) >= 11 is 0. The van der Waals surface area contributed by atoms with Crippen LogP contribution in [-0.2, 0) is 17.6 Å². The van der Waals surface area contributed by atoms with Gasteiger partial charge in [0.1, 0.15) is 0 Å². The third kappa shape index (κ3) is 3.28. The molecule has 2 aliphatic rings. The van der Waals surface area contributed by atoms with E-state index in [1.807, 2.05) is 6.07 Å². The Hall–Kier alpha value is -1.06. The molecule has 0 saturated carbocycles. The van der Waals surface area contributed by atoms with Crippen molar-refractivity contribution in [2.75, 3.05) is 25.4 Å². The van der Waals surface area contributed by atoms with Crippen LogP contribution in [0.2, 0.25) is 0 Å². The normalized spacial score (nSPS) is 24.1. The minimum Gasteiger partial charge on any atom is -0.399 e. The number of rotatable bonds is 3. The molecule has 1 aromatic carbocycles. The van der Waals surface area contributed by atoms with Gasteiger partial charge < -0.3 is 15.8 Å². The number of benzene rings is 1. The zero-order valence-corrected chi connectivity index (χ0v) is 11.5. The smallest absolute Gasteiger partial charge is 0.0618 e. The van der Waals surface area contributed by atoms with Crippen LogP contribution >= 0.6 is 0 Å². The lowest BCUT2D eigenvalue weighted by Crippen LogP contribution is -2.32. The van der Waals surface area contributed by atoms with Crippen molar-refractivity contribution in [3.8, 4) is 0 Å². The van der Waals surface area contributed by atoms with E-state index in [-0.39, 0.29) is 0 Å². The molecule has 1 heterocycles. The Morgan fingerprint density at radius 1 is 1.16 bits per heavy atom. The molecule has 3 rings (SSSR count). The van der Waals surface area contributed by atoms with Crippen LogP contribution in [0, 0.1) is 5.92 Å². The Morgan fingerprint density at radius 2 is 2.00 bits per heavy atom. The van der Waals surface area contributed by atoms with Crippen LogP contribution in [0.3, 0.4) is 0 Å². The second-order valence-electron chi connectivity index (χ2n) is 5.92. The van der Waals surface area contributed by atoms with Crippen LogP contribution in [-0.4, -0.2) is 25.8 Å². The minimum atomic E-state index is 0.408. The van der Waals surface area contributed by atoms with E-state index in [2.05, 4.69) is 17.4 Å². The first-order valence-electron chi connectivity index (χ1n) is 7.51. The van der Waals surface area contributed by atoms with E-state index in [1.165, 1.54) is 24.0 Å². The van der Waals surface area contributed by atoms with Crippen LogP contribution in [0.25, 0.3) is 0 Å². The van der Waals surface area contributed by atoms with Gasteiger partial charge in [-0.1, -0.05) is 6.07 Å². The monoisotopic (exact) mass is 260 g/mol. The van der Waals surface area contributed by atoms with E-state index in [1.54, 1.807) is 0 Å². The quantitative estimate of drug-likeness (QED) is 0.819. The highest BCUT2D eigenvalue weighted by atomic mass is 16.5. The summed E-state index contributed by atoms with van der Waals surface area (Å²) in [6, 6.07) is 6.30. The summed E-state index contributed by atoms with van der Waals surface area (Å²) in [5.74, 6) is 0.758. The summed E-state index contributed by atoms with van der Waals surface area (Å²) in [7, 11) is 0. The Labute approximate surface area is 115 Å². The second-order valence-corrected chi connectivity index (χ2v) is 5.92. The van der Waals surface area contributed by atoms with E-state index >= 15 is 0 Å². The molecule has 0 aromatic heterocycles. The molecular formula is C16H24N2O. The topological polar surface area (TPSA) is 47.3 Å². The number of nitrogen functional groups attached to an aromatic ring is 1. The van der Waals surface area contributed by atoms with Gasteiger partial charge in [0.2, 0.25) is 0 Å². The third-order valence-electron chi connectivity index (χ3n) is 4.44. The van der Waals surface area contributed by atoms with Crippen molar-refractivity contribution in [3.63, 3.8) is 0 Å². The van der Waals surface area contributed by atoms with Gasteiger partial charge in [-0.15, -0.1) is 0 Å². The zero-order valence-electron chi connectivity index (χ0n) is 11.5. The molecule has 1 fully saturated rings. The lowest BCUT2D eigenvalue weighted by Gasteiger charge is -2.28. The molecule has 1 saturated heterocycles. The Kier molecular flexibility index (Phi) is 4.04. The fourth-order valence-corrected chi connectivity index (χ4v) is 3.20. The fraction of sp³-hybridized carbons (Fsp3) is 0.625. The first kappa shape index (κ1) is 12.9. The van der Waals surface area contributed by atoms with Crippen molar-refractivity contribution in [3.05, 3.63) is 29.3 Å². The van der Waals surface area contributed by atoms with Crippen molar-refractivity contribution in [1.82, 2.24) is 5.32 Å². The summed E-state index contributed by atoms with van der Waals surface area (Å²) < 4.78 is 6.15. The maximum Gasteiger partial charge on any atom is 0.0618 e. The Morgan fingerprint density at radius 3 is 2.84 bits per heavy atom. The highest BCUT2D eigenvalue weighted by Gasteiger charge is 2.21. The predicted octanol–water partition coefficient (Wildman–Crippen LogP) is 2.14. The number of piperidine rings is 1. The van der Waals surface area contributed by atoms with Crippen LogP contribution in [0.4, 0.5) is 5.69 Å². The molecule has 0 spiro atoms. The molecular weight excluding hydrogens is 236 g/mol. The van der Waals surface area contributed by atoms with E-state index in [4.69, 9.17) is 10.5 Å². The lowest BCUT2D eigenvalue weighted by atomic mass is 9.89. The lowest BCUT2D eigenvalue weighted by molar-refractivity contribution is 0.0152. The maximum absolute atomic E-state index is 6.15. The highest BCUT2D eigenvalue weighted by Crippen LogP contribution is 2.26. The van der Waals surface area contributed by atoms with E-state index in [0.717, 1.165) is 50.6 Å². The largest absolute Gasteiger partial charge is 0.399 e. The molecule has 0 amide bonds. The summed E-state index contributed by atoms with van der Waals surface area (Å²) in [5.41, 5.74) is 9.56. The molecule has 1 unspecified atom stereocenters. The highest BCUT2D eigenvalue weighted by molar-refractivity contribution is 5.45. The van der Waals surface area contributed by atoms with Crippen molar-refractivity contribution in [1.29, 1.82) is 0 Å². The van der Waals surface area contributed by atoms with Gasteiger partial charge in [0.05, 0.1) is 6.10 Å². The number of aryl methyl sites for hydroxylation is 1. The number of fused-ring (bicyclic) bond motifs is 1. The maximum atomic E-state index is 6.15. The van der Waals surface area contributed by atoms with Crippen molar-refractivity contribution in [2.24, 2.45) is 5.92 Å². The molecule has 104 valence electrons. The standard InChI is InChI=1S/C16H24N2O/c17-15-3-1-14-10-16(4-2-13(14)9-15)19-11-12-5-7-18-8-6-12/h1,3,9,12,16,18H,2,4-8,10-11,17H2. The molecule has 1 atom stereocenters. The molecule has 3 heteroatoms. The van der Waals surface area contributed by atoms with Crippen LogP contribution < -0.4 is 11.1 Å². The third-order valence-corrected chi connectivity index (χ3v) is 4.44. The van der Waals surface area contributed by atoms with Gasteiger partial charge in [-0.25, -0.2) is 0 Å². The van der Waals surface area contributed by atoms with Gasteiger partial charge in [-0.3, -0.25) is 0 Å². The number of hydrogen-bond donors (Lipinski definition) is 2. The summed E-state index contributed by atoms with van der Waals surface area (Å²) in [6.45, 7) is 3.25. The van der Waals surface area contributed by atoms with Gasteiger partial charge >= 0.3 is 0 Å². The van der Waals surface area contributed by atoms with Crippen molar-refractivity contribution < 1.29 is 4.74 Å². The molecule has 1 aliphatic carbocycles. The van der Waals surface area contributed by atoms with Crippen molar-refractivity contribution >= 4 is 5.69 Å². The first-order chi connectivity index (χ1) is 9.31. The zero-order chi connectivity index (χ0) is 13.1. The first-order valence-corrected chi connectivity index (χ1v) is 7.51. The predicted molar refractivity (Wildman–Crippen MR) is 78.2 cm³/mol. The number of ether oxygens (including phenoxy) is 1. The van der Waals surface area contributed by atoms with Gasteiger partial charge in [0, 0.05) is 12.3 Å². The molecule has 3 N–H and O–H groups in total. The molecule has 1 aliphatic heterocycles. The number of nitrogens with one attached hydrogen (secondary N) is 1. The fourth-order valence-electron chi connectivity index (χ4n) is 3.20. The SMILES string of the molecule is Nc1ccc2c(c1)CCC(OCC1CCNCC1)C2. The van der Waals surface area contributed by atoms with Crippen molar-refractivity contribution in [2.45, 2.75) is 38.2 Å². The van der Waals surface area contributed by atoms with E-state index in [0.29, 0.717) is 6.10 Å². The summed E-state index contributed by atoms with van der Waals surface area (Å²) in [4.78, 5) is 0. The van der Waals surface area contributed by atoms with Crippen LogP contribution in [0.1, 0.15) is 30.4 Å². The Bertz CT molecular complexity index is 427. The number of hydrogen-bond acceptors (Lipinski definition) is 3. The van der Waals surface area contributed by atoms with E-state index in [9.17, 15) is 0 Å². The minimum absolute atomic E-state index is 0.408. The van der Waals surface area contributed by atoms with Crippen LogP contribution in [0.5, 0.6) is 0 Å². The second kappa shape index (κ2) is 5.93. The average Bonchev–Trinajstić information content (AvgIpc) is 2.46. The number of nitrogens with two attached hydrogens (primary N) is 1. The average molecular weight is 260 g/mol. The van der Waals surface area contributed by atoms with Crippen LogP contribution in [0.15, 0.2) is 18.2 Å². The van der Waals surface area contributed by atoms with E-state index < -0.39 is 0 Å².